The van der Waals surface area contributed by atoms with E-state index in [1.807, 2.05) is 0 Å². The largest absolute Gasteiger partial charge is 0.469 e. The lowest BCUT2D eigenvalue weighted by Gasteiger charge is -2.04. The molecule has 0 saturated heterocycles. The first-order chi connectivity index (χ1) is 5.16. The van der Waals surface area contributed by atoms with Gasteiger partial charge in [0.2, 0.25) is 0 Å². The average molecular weight is 161 g/mol. The molecule has 0 heterocycles. The Morgan fingerprint density at radius 3 is 2.82 bits per heavy atom. The minimum Gasteiger partial charge on any atom is -0.469 e. The average Bonchev–Trinajstić information content (AvgIpc) is 1.97. The third-order valence-corrected chi connectivity index (χ3v) is 1.17. The van der Waals surface area contributed by atoms with E-state index in [1.165, 1.54) is 7.11 Å². The van der Waals surface area contributed by atoms with Crippen LogP contribution in [0.3, 0.4) is 0 Å². The second-order valence-electron chi connectivity index (χ2n) is 2.38. The van der Waals surface area contributed by atoms with Crippen molar-refractivity contribution in [3.8, 4) is 0 Å². The zero-order valence-electron chi connectivity index (χ0n) is 6.96. The number of aliphatic hydroxyl groups is 1. The van der Waals surface area contributed by atoms with Gasteiger partial charge in [-0.15, -0.1) is 0 Å². The zero-order valence-corrected chi connectivity index (χ0v) is 6.96. The monoisotopic (exact) mass is 161 g/mol. The van der Waals surface area contributed by atoms with Crippen LogP contribution in [0.15, 0.2) is 0 Å². The molecule has 0 bridgehead atoms. The molecule has 11 heavy (non-hydrogen) atoms. The lowest BCUT2D eigenvalue weighted by Crippen LogP contribution is -2.26. The maximum Gasteiger partial charge on any atom is 0.306 e. The van der Waals surface area contributed by atoms with Crippen LogP contribution in [0.4, 0.5) is 0 Å². The van der Waals surface area contributed by atoms with Gasteiger partial charge in [-0.3, -0.25) is 4.79 Å². The second kappa shape index (κ2) is 6.12. The molecule has 0 amide bonds. The molecule has 0 aromatic carbocycles. The molecule has 0 radical (unpaired) electrons. The van der Waals surface area contributed by atoms with Crippen LogP contribution in [0.1, 0.15) is 13.3 Å². The van der Waals surface area contributed by atoms with Crippen molar-refractivity contribution < 1.29 is 14.6 Å². The summed E-state index contributed by atoms with van der Waals surface area (Å²) in [6.45, 7) is 2.75. The summed E-state index contributed by atoms with van der Waals surface area (Å²) < 4.78 is 4.42. The van der Waals surface area contributed by atoms with Crippen molar-refractivity contribution in [2.24, 2.45) is 0 Å². The van der Waals surface area contributed by atoms with Crippen molar-refractivity contribution in [1.82, 2.24) is 5.32 Å². The van der Waals surface area contributed by atoms with Gasteiger partial charge >= 0.3 is 5.97 Å². The van der Waals surface area contributed by atoms with Crippen LogP contribution >= 0.6 is 0 Å². The van der Waals surface area contributed by atoms with E-state index in [1.54, 1.807) is 6.92 Å². The molecule has 1 atom stereocenters. The molecule has 0 unspecified atom stereocenters. The molecule has 0 fully saturated rings. The third-order valence-electron chi connectivity index (χ3n) is 1.17. The normalized spacial score (nSPS) is 12.6. The van der Waals surface area contributed by atoms with E-state index < -0.39 is 0 Å². The summed E-state index contributed by atoms with van der Waals surface area (Å²) in [7, 11) is 1.36. The summed E-state index contributed by atoms with van der Waals surface area (Å²) in [6.07, 6.45) is -0.0175. The number of methoxy groups -OCH3 is 1. The number of rotatable bonds is 5. The quantitative estimate of drug-likeness (QED) is 0.422. The van der Waals surface area contributed by atoms with E-state index in [-0.39, 0.29) is 12.1 Å². The van der Waals surface area contributed by atoms with Crippen LogP contribution in [0, 0.1) is 0 Å². The molecule has 0 aliphatic heterocycles. The van der Waals surface area contributed by atoms with E-state index >= 15 is 0 Å². The van der Waals surface area contributed by atoms with Gasteiger partial charge in [0.1, 0.15) is 0 Å². The van der Waals surface area contributed by atoms with Gasteiger partial charge in [-0.25, -0.2) is 0 Å². The number of ether oxygens (including phenoxy) is 1. The Morgan fingerprint density at radius 2 is 2.36 bits per heavy atom. The summed E-state index contributed by atoms with van der Waals surface area (Å²) >= 11 is 0. The standard InChI is InChI=1S/C7H15NO3/c1-6(9)5-8-4-3-7(10)11-2/h6,8-9H,3-5H2,1-2H3/t6-/m1/s1. The molecular weight excluding hydrogens is 146 g/mol. The SMILES string of the molecule is COC(=O)CCNC[C@@H](C)O. The van der Waals surface area contributed by atoms with Crippen molar-refractivity contribution in [3.63, 3.8) is 0 Å². The fourth-order valence-corrected chi connectivity index (χ4v) is 0.603. The highest BCUT2D eigenvalue weighted by Crippen LogP contribution is 1.81. The van der Waals surface area contributed by atoms with Crippen LogP contribution in [-0.4, -0.2) is 37.4 Å². The molecular formula is C7H15NO3. The van der Waals surface area contributed by atoms with Crippen molar-refractivity contribution in [2.75, 3.05) is 20.2 Å². The number of aliphatic hydroxyl groups excluding tert-OH is 1. The first-order valence-electron chi connectivity index (χ1n) is 3.62. The fourth-order valence-electron chi connectivity index (χ4n) is 0.603. The molecule has 2 N–H and O–H groups in total. The number of hydrogen-bond acceptors (Lipinski definition) is 4. The van der Waals surface area contributed by atoms with E-state index in [0.29, 0.717) is 19.5 Å². The summed E-state index contributed by atoms with van der Waals surface area (Å²) in [4.78, 5) is 10.5. The second-order valence-corrected chi connectivity index (χ2v) is 2.38. The number of nitrogens with one attached hydrogen (secondary N) is 1. The Hall–Kier alpha value is -0.610. The molecule has 0 saturated carbocycles. The maximum atomic E-state index is 10.5. The Balaban J connectivity index is 3.08. The predicted molar refractivity (Wildman–Crippen MR) is 41.2 cm³/mol. The van der Waals surface area contributed by atoms with Gasteiger partial charge < -0.3 is 15.2 Å². The van der Waals surface area contributed by atoms with E-state index in [0.717, 1.165) is 0 Å². The summed E-state index contributed by atoms with van der Waals surface area (Å²) in [6, 6.07) is 0. The minimum atomic E-state index is -0.368. The fraction of sp³-hybridized carbons (Fsp3) is 0.857. The zero-order chi connectivity index (χ0) is 8.69. The molecule has 4 nitrogen and oxygen atoms in total. The molecule has 0 spiro atoms. The summed E-state index contributed by atoms with van der Waals surface area (Å²) in [5.41, 5.74) is 0. The topological polar surface area (TPSA) is 58.6 Å². The lowest BCUT2D eigenvalue weighted by molar-refractivity contribution is -0.140. The highest BCUT2D eigenvalue weighted by atomic mass is 16.5. The van der Waals surface area contributed by atoms with Crippen molar-refractivity contribution in [1.29, 1.82) is 0 Å². The molecule has 0 aromatic heterocycles. The Morgan fingerprint density at radius 1 is 1.73 bits per heavy atom. The Labute approximate surface area is 66.5 Å². The molecule has 0 aliphatic carbocycles. The lowest BCUT2D eigenvalue weighted by atomic mass is 10.4. The van der Waals surface area contributed by atoms with Gasteiger partial charge in [0.15, 0.2) is 0 Å². The van der Waals surface area contributed by atoms with Crippen molar-refractivity contribution in [3.05, 3.63) is 0 Å². The molecule has 0 rings (SSSR count). The molecule has 66 valence electrons. The van der Waals surface area contributed by atoms with Gasteiger partial charge in [0.25, 0.3) is 0 Å². The summed E-state index contributed by atoms with van der Waals surface area (Å²) in [5.74, 6) is -0.233. The Kier molecular flexibility index (Phi) is 5.78. The number of esters is 1. The predicted octanol–water partition coefficient (Wildman–Crippen LogP) is -0.480. The van der Waals surface area contributed by atoms with Crippen LogP contribution in [-0.2, 0) is 9.53 Å². The maximum absolute atomic E-state index is 10.5. The van der Waals surface area contributed by atoms with Gasteiger partial charge in [-0.05, 0) is 6.92 Å². The number of carbonyl (C=O) groups is 1. The van der Waals surface area contributed by atoms with Crippen LogP contribution in [0.2, 0.25) is 0 Å². The number of hydrogen-bond donors (Lipinski definition) is 2. The van der Waals surface area contributed by atoms with Crippen LogP contribution in [0.25, 0.3) is 0 Å². The third kappa shape index (κ3) is 7.29. The van der Waals surface area contributed by atoms with E-state index in [9.17, 15) is 4.79 Å². The summed E-state index contributed by atoms with van der Waals surface area (Å²) in [5, 5.41) is 11.7. The van der Waals surface area contributed by atoms with Gasteiger partial charge in [-0.2, -0.15) is 0 Å². The number of carbonyl (C=O) groups excluding carboxylic acids is 1. The minimum absolute atomic E-state index is 0.233. The first kappa shape index (κ1) is 10.4. The van der Waals surface area contributed by atoms with Crippen molar-refractivity contribution >= 4 is 5.97 Å². The highest BCUT2D eigenvalue weighted by molar-refractivity contribution is 5.69. The Bertz CT molecular complexity index is 114. The van der Waals surface area contributed by atoms with Gasteiger partial charge in [0, 0.05) is 13.1 Å². The van der Waals surface area contributed by atoms with E-state index in [2.05, 4.69) is 10.1 Å². The molecule has 0 aliphatic rings. The molecule has 0 aromatic rings. The van der Waals surface area contributed by atoms with Crippen molar-refractivity contribution in [2.45, 2.75) is 19.4 Å². The molecule has 4 heteroatoms. The highest BCUT2D eigenvalue weighted by Gasteiger charge is 1.99. The van der Waals surface area contributed by atoms with E-state index in [4.69, 9.17) is 5.11 Å². The van der Waals surface area contributed by atoms with Crippen LogP contribution in [0.5, 0.6) is 0 Å². The first-order valence-corrected chi connectivity index (χ1v) is 3.62. The van der Waals surface area contributed by atoms with Gasteiger partial charge in [-0.1, -0.05) is 0 Å². The smallest absolute Gasteiger partial charge is 0.306 e. The van der Waals surface area contributed by atoms with Crippen LogP contribution < -0.4 is 5.32 Å². The van der Waals surface area contributed by atoms with Gasteiger partial charge in [0.05, 0.1) is 19.6 Å².